The number of piperidine rings is 1. The molecule has 2 rings (SSSR count). The maximum atomic E-state index is 10.6. The number of hydrogen-bond donors (Lipinski definition) is 1. The van der Waals surface area contributed by atoms with Gasteiger partial charge in [-0.1, -0.05) is 6.92 Å². The molecule has 0 bridgehead atoms. The number of nitrogens with zero attached hydrogens (tertiary/aromatic N) is 3. The van der Waals surface area contributed by atoms with Crippen molar-refractivity contribution < 1.29 is 4.92 Å². The summed E-state index contributed by atoms with van der Waals surface area (Å²) in [6.07, 6.45) is 3.85. The van der Waals surface area contributed by atoms with Crippen LogP contribution in [0.1, 0.15) is 25.3 Å². The summed E-state index contributed by atoms with van der Waals surface area (Å²) in [6, 6.07) is 1.55. The molecular formula is C14H22N4O2. The zero-order valence-corrected chi connectivity index (χ0v) is 12.1. The van der Waals surface area contributed by atoms with Gasteiger partial charge in [-0.2, -0.15) is 0 Å². The predicted octanol–water partition coefficient (Wildman–Crippen LogP) is 2.44. The Hall–Kier alpha value is -1.69. The van der Waals surface area contributed by atoms with Gasteiger partial charge in [-0.05, 0) is 44.3 Å². The molecule has 0 saturated carbocycles. The Bertz CT molecular complexity index is 470. The van der Waals surface area contributed by atoms with E-state index in [0.29, 0.717) is 0 Å². The SMILES string of the molecule is Cc1cc([N+](=O)[O-])cnc1NCCN1CCC(C)CC1. The van der Waals surface area contributed by atoms with Crippen molar-refractivity contribution in [2.45, 2.75) is 26.7 Å². The van der Waals surface area contributed by atoms with Crippen LogP contribution in [-0.2, 0) is 0 Å². The molecule has 0 spiro atoms. The number of aryl methyl sites for hydroxylation is 1. The molecule has 1 aliphatic heterocycles. The molecule has 0 atom stereocenters. The summed E-state index contributed by atoms with van der Waals surface area (Å²) in [5.41, 5.74) is 0.851. The highest BCUT2D eigenvalue weighted by Gasteiger charge is 2.15. The molecule has 1 aliphatic rings. The van der Waals surface area contributed by atoms with E-state index in [4.69, 9.17) is 0 Å². The predicted molar refractivity (Wildman–Crippen MR) is 79.0 cm³/mol. The Kier molecular flexibility index (Phi) is 4.89. The number of likely N-dealkylation sites (tertiary alicyclic amines) is 1. The molecule has 1 N–H and O–H groups in total. The van der Waals surface area contributed by atoms with Crippen LogP contribution < -0.4 is 5.32 Å². The number of pyridine rings is 1. The fourth-order valence-corrected chi connectivity index (χ4v) is 2.46. The monoisotopic (exact) mass is 278 g/mol. The molecule has 1 aromatic heterocycles. The number of rotatable bonds is 5. The van der Waals surface area contributed by atoms with Gasteiger partial charge in [0, 0.05) is 19.2 Å². The third kappa shape index (κ3) is 3.90. The van der Waals surface area contributed by atoms with Gasteiger partial charge in [0.05, 0.1) is 4.92 Å². The molecule has 0 radical (unpaired) electrons. The van der Waals surface area contributed by atoms with E-state index < -0.39 is 4.92 Å². The normalized spacial score (nSPS) is 17.1. The molecule has 110 valence electrons. The number of hydrogen-bond acceptors (Lipinski definition) is 5. The van der Waals surface area contributed by atoms with E-state index in [9.17, 15) is 10.1 Å². The lowest BCUT2D eigenvalue weighted by Crippen LogP contribution is -2.36. The Balaban J connectivity index is 1.81. The van der Waals surface area contributed by atoms with Crippen molar-refractivity contribution in [2.24, 2.45) is 5.92 Å². The van der Waals surface area contributed by atoms with E-state index in [-0.39, 0.29) is 5.69 Å². The Morgan fingerprint density at radius 1 is 1.50 bits per heavy atom. The van der Waals surface area contributed by atoms with Gasteiger partial charge in [-0.3, -0.25) is 10.1 Å². The molecular weight excluding hydrogens is 256 g/mol. The van der Waals surface area contributed by atoms with Crippen LogP contribution in [0.2, 0.25) is 0 Å². The molecule has 1 fully saturated rings. The fourth-order valence-electron chi connectivity index (χ4n) is 2.46. The summed E-state index contributed by atoms with van der Waals surface area (Å²) in [4.78, 5) is 16.8. The van der Waals surface area contributed by atoms with Crippen LogP contribution in [-0.4, -0.2) is 41.0 Å². The van der Waals surface area contributed by atoms with Gasteiger partial charge in [0.1, 0.15) is 12.0 Å². The molecule has 2 heterocycles. The van der Waals surface area contributed by atoms with E-state index in [1.54, 1.807) is 6.07 Å². The van der Waals surface area contributed by atoms with Crippen molar-refractivity contribution in [3.05, 3.63) is 27.9 Å². The zero-order chi connectivity index (χ0) is 14.5. The van der Waals surface area contributed by atoms with Gasteiger partial charge in [-0.25, -0.2) is 4.98 Å². The third-order valence-corrected chi connectivity index (χ3v) is 3.87. The summed E-state index contributed by atoms with van der Waals surface area (Å²) in [6.45, 7) is 8.28. The second kappa shape index (κ2) is 6.65. The smallest absolute Gasteiger partial charge is 0.287 e. The van der Waals surface area contributed by atoms with Crippen LogP contribution in [0.15, 0.2) is 12.3 Å². The van der Waals surface area contributed by atoms with Crippen molar-refractivity contribution >= 4 is 11.5 Å². The molecule has 1 aromatic rings. The first-order valence-electron chi connectivity index (χ1n) is 7.13. The lowest BCUT2D eigenvalue weighted by Gasteiger charge is -2.30. The van der Waals surface area contributed by atoms with Crippen molar-refractivity contribution in [1.29, 1.82) is 0 Å². The topological polar surface area (TPSA) is 71.3 Å². The highest BCUT2D eigenvalue weighted by atomic mass is 16.6. The first-order valence-corrected chi connectivity index (χ1v) is 7.13. The largest absolute Gasteiger partial charge is 0.369 e. The second-order valence-corrected chi connectivity index (χ2v) is 5.57. The molecule has 20 heavy (non-hydrogen) atoms. The van der Waals surface area contributed by atoms with Crippen LogP contribution in [0.5, 0.6) is 0 Å². The van der Waals surface area contributed by atoms with E-state index >= 15 is 0 Å². The van der Waals surface area contributed by atoms with Gasteiger partial charge < -0.3 is 10.2 Å². The second-order valence-electron chi connectivity index (χ2n) is 5.57. The van der Waals surface area contributed by atoms with Gasteiger partial charge in [0.25, 0.3) is 5.69 Å². The van der Waals surface area contributed by atoms with Gasteiger partial charge in [0.15, 0.2) is 0 Å². The lowest BCUT2D eigenvalue weighted by atomic mass is 9.99. The molecule has 0 amide bonds. The Morgan fingerprint density at radius 3 is 2.80 bits per heavy atom. The van der Waals surface area contributed by atoms with E-state index in [1.807, 2.05) is 6.92 Å². The first-order chi connectivity index (χ1) is 9.56. The Labute approximate surface area is 119 Å². The zero-order valence-electron chi connectivity index (χ0n) is 12.1. The minimum Gasteiger partial charge on any atom is -0.369 e. The first kappa shape index (κ1) is 14.7. The molecule has 0 aliphatic carbocycles. The summed E-state index contributed by atoms with van der Waals surface area (Å²) in [7, 11) is 0. The minimum absolute atomic E-state index is 0.0399. The van der Waals surface area contributed by atoms with Crippen molar-refractivity contribution in [3.63, 3.8) is 0 Å². The van der Waals surface area contributed by atoms with E-state index in [1.165, 1.54) is 19.0 Å². The van der Waals surface area contributed by atoms with Crippen LogP contribution in [0.3, 0.4) is 0 Å². The number of nitrogens with one attached hydrogen (secondary N) is 1. The summed E-state index contributed by atoms with van der Waals surface area (Å²) >= 11 is 0. The summed E-state index contributed by atoms with van der Waals surface area (Å²) in [5.74, 6) is 1.58. The quantitative estimate of drug-likeness (QED) is 0.661. The van der Waals surface area contributed by atoms with Crippen LogP contribution in [0.4, 0.5) is 11.5 Å². The fraction of sp³-hybridized carbons (Fsp3) is 0.643. The summed E-state index contributed by atoms with van der Waals surface area (Å²) < 4.78 is 0. The minimum atomic E-state index is -0.418. The van der Waals surface area contributed by atoms with Gasteiger partial charge >= 0.3 is 0 Å². The maximum absolute atomic E-state index is 10.6. The van der Waals surface area contributed by atoms with Gasteiger partial charge in [-0.15, -0.1) is 0 Å². The maximum Gasteiger partial charge on any atom is 0.287 e. The Morgan fingerprint density at radius 2 is 2.20 bits per heavy atom. The molecule has 6 nitrogen and oxygen atoms in total. The average Bonchev–Trinajstić information content (AvgIpc) is 2.42. The third-order valence-electron chi connectivity index (χ3n) is 3.87. The molecule has 0 unspecified atom stereocenters. The van der Waals surface area contributed by atoms with Crippen molar-refractivity contribution in [2.75, 3.05) is 31.5 Å². The highest BCUT2D eigenvalue weighted by molar-refractivity contribution is 5.48. The lowest BCUT2D eigenvalue weighted by molar-refractivity contribution is -0.385. The van der Waals surface area contributed by atoms with Crippen LogP contribution >= 0.6 is 0 Å². The van der Waals surface area contributed by atoms with Crippen LogP contribution in [0, 0.1) is 23.0 Å². The van der Waals surface area contributed by atoms with E-state index in [0.717, 1.165) is 43.5 Å². The average molecular weight is 278 g/mol. The van der Waals surface area contributed by atoms with Crippen LogP contribution in [0.25, 0.3) is 0 Å². The molecule has 6 heteroatoms. The standard InChI is InChI=1S/C14H22N4O2/c1-11-3-6-17(7-4-11)8-5-15-14-12(2)9-13(10-16-14)18(19)20/h9-11H,3-8H2,1-2H3,(H,15,16). The number of nitro groups is 1. The summed E-state index contributed by atoms with van der Waals surface area (Å²) in [5, 5.41) is 13.9. The highest BCUT2D eigenvalue weighted by Crippen LogP contribution is 2.18. The number of anilines is 1. The van der Waals surface area contributed by atoms with Crippen molar-refractivity contribution in [1.82, 2.24) is 9.88 Å². The van der Waals surface area contributed by atoms with Crippen molar-refractivity contribution in [3.8, 4) is 0 Å². The number of aromatic nitrogens is 1. The van der Waals surface area contributed by atoms with Gasteiger partial charge in [0.2, 0.25) is 0 Å². The molecule has 0 aromatic carbocycles. The van der Waals surface area contributed by atoms with E-state index in [2.05, 4.69) is 22.1 Å². The molecule has 1 saturated heterocycles.